The van der Waals surface area contributed by atoms with Gasteiger partial charge in [-0.15, -0.1) is 11.8 Å². The molecule has 32 heavy (non-hydrogen) atoms. The van der Waals surface area contributed by atoms with Crippen LogP contribution in [0.2, 0.25) is 10.0 Å². The molecule has 0 unspecified atom stereocenters. The standard InChI is InChI=1S/C21H20Cl2N4O2S.C2H6/c1-24-18-10-14(29-15-7-8-26-19(11-15)21(28)25-2)4-6-20(18)30-12-27-13-3-5-16(22)17(23)9-13;1-2/h3-11,24,27H,12H2,1-2H3,(H,25,28);1-2H3. The SMILES string of the molecule is CC.CNC(=O)c1cc(Oc2ccc(SCNc3ccc(Cl)c(Cl)c3)c(NC)c2)ccn1. The van der Waals surface area contributed by atoms with Crippen molar-refractivity contribution in [2.24, 2.45) is 0 Å². The minimum absolute atomic E-state index is 0.266. The Kier molecular flexibility index (Phi) is 10.5. The zero-order valence-corrected chi connectivity index (χ0v) is 20.7. The zero-order valence-electron chi connectivity index (χ0n) is 18.3. The van der Waals surface area contributed by atoms with Crippen LogP contribution < -0.4 is 20.7 Å². The highest BCUT2D eigenvalue weighted by atomic mass is 35.5. The average molecular weight is 493 g/mol. The molecule has 3 N–H and O–H groups in total. The molecule has 3 aromatic rings. The van der Waals surface area contributed by atoms with Crippen LogP contribution in [0.3, 0.4) is 0 Å². The summed E-state index contributed by atoms with van der Waals surface area (Å²) >= 11 is 13.6. The molecule has 0 spiro atoms. The van der Waals surface area contributed by atoms with Crippen molar-refractivity contribution >= 4 is 52.2 Å². The molecule has 3 rings (SSSR count). The molecule has 1 heterocycles. The van der Waals surface area contributed by atoms with E-state index in [2.05, 4.69) is 20.9 Å². The van der Waals surface area contributed by atoms with Gasteiger partial charge in [0.05, 0.1) is 21.6 Å². The van der Waals surface area contributed by atoms with Crippen molar-refractivity contribution in [2.45, 2.75) is 18.7 Å². The Labute approximate surface area is 203 Å². The number of nitrogens with one attached hydrogen (secondary N) is 3. The second-order valence-electron chi connectivity index (χ2n) is 6.06. The summed E-state index contributed by atoms with van der Waals surface area (Å²) < 4.78 is 5.90. The van der Waals surface area contributed by atoms with Gasteiger partial charge in [-0.25, -0.2) is 0 Å². The molecule has 6 nitrogen and oxygen atoms in total. The van der Waals surface area contributed by atoms with Gasteiger partial charge < -0.3 is 20.7 Å². The van der Waals surface area contributed by atoms with Gasteiger partial charge in [0.1, 0.15) is 17.2 Å². The number of pyridine rings is 1. The number of amides is 1. The molecular weight excluding hydrogens is 467 g/mol. The Morgan fingerprint density at radius 3 is 2.44 bits per heavy atom. The highest BCUT2D eigenvalue weighted by Gasteiger charge is 2.09. The van der Waals surface area contributed by atoms with E-state index in [0.717, 1.165) is 16.3 Å². The van der Waals surface area contributed by atoms with Crippen molar-refractivity contribution in [3.05, 3.63) is 70.5 Å². The molecule has 2 aromatic carbocycles. The highest BCUT2D eigenvalue weighted by Crippen LogP contribution is 2.33. The third-order valence-corrected chi connectivity index (χ3v) is 5.77. The second kappa shape index (κ2) is 13.1. The number of anilines is 2. The molecule has 0 aliphatic carbocycles. The van der Waals surface area contributed by atoms with E-state index in [1.54, 1.807) is 43.1 Å². The number of benzene rings is 2. The molecule has 0 radical (unpaired) electrons. The lowest BCUT2D eigenvalue weighted by atomic mass is 10.3. The summed E-state index contributed by atoms with van der Waals surface area (Å²) in [7, 11) is 3.41. The summed E-state index contributed by atoms with van der Waals surface area (Å²) in [6.07, 6.45) is 1.54. The quantitative estimate of drug-likeness (QED) is 0.238. The first-order chi connectivity index (χ1) is 15.5. The maximum atomic E-state index is 11.7. The number of carbonyl (C=O) groups excluding carboxylic acids is 1. The van der Waals surface area contributed by atoms with Crippen LogP contribution in [0.1, 0.15) is 24.3 Å². The highest BCUT2D eigenvalue weighted by molar-refractivity contribution is 7.99. The van der Waals surface area contributed by atoms with E-state index in [1.807, 2.05) is 45.2 Å². The lowest BCUT2D eigenvalue weighted by Crippen LogP contribution is -2.18. The minimum atomic E-state index is -0.266. The van der Waals surface area contributed by atoms with Crippen molar-refractivity contribution in [1.82, 2.24) is 10.3 Å². The van der Waals surface area contributed by atoms with Crippen LogP contribution in [0.15, 0.2) is 59.6 Å². The fourth-order valence-corrected chi connectivity index (χ4v) is 3.73. The molecular formula is C23H26Cl2N4O2S. The van der Waals surface area contributed by atoms with Crippen LogP contribution in [0.25, 0.3) is 0 Å². The van der Waals surface area contributed by atoms with Crippen molar-refractivity contribution in [3.63, 3.8) is 0 Å². The number of rotatable bonds is 8. The number of thioether (sulfide) groups is 1. The molecule has 170 valence electrons. The topological polar surface area (TPSA) is 75.3 Å². The van der Waals surface area contributed by atoms with Crippen LogP contribution in [0.5, 0.6) is 11.5 Å². The van der Waals surface area contributed by atoms with Crippen LogP contribution in [0.4, 0.5) is 11.4 Å². The van der Waals surface area contributed by atoms with E-state index in [4.69, 9.17) is 27.9 Å². The number of ether oxygens (including phenoxy) is 1. The normalized spacial score (nSPS) is 9.94. The molecule has 1 aromatic heterocycles. The predicted octanol–water partition coefficient (Wildman–Crippen LogP) is 6.77. The van der Waals surface area contributed by atoms with E-state index >= 15 is 0 Å². The van der Waals surface area contributed by atoms with E-state index in [9.17, 15) is 4.79 Å². The molecule has 1 amide bonds. The summed E-state index contributed by atoms with van der Waals surface area (Å²) in [5.74, 6) is 1.56. The molecule has 0 aliphatic heterocycles. The number of hydrogen-bond donors (Lipinski definition) is 3. The molecule has 0 atom stereocenters. The summed E-state index contributed by atoms with van der Waals surface area (Å²) in [5.41, 5.74) is 2.12. The van der Waals surface area contributed by atoms with Gasteiger partial charge in [-0.1, -0.05) is 37.0 Å². The summed E-state index contributed by atoms with van der Waals surface area (Å²) in [6.45, 7) is 4.00. The van der Waals surface area contributed by atoms with Gasteiger partial charge in [-0.05, 0) is 36.4 Å². The van der Waals surface area contributed by atoms with Crippen LogP contribution in [-0.4, -0.2) is 30.9 Å². The minimum Gasteiger partial charge on any atom is -0.457 e. The van der Waals surface area contributed by atoms with Crippen LogP contribution in [-0.2, 0) is 0 Å². The summed E-state index contributed by atoms with van der Waals surface area (Å²) in [4.78, 5) is 16.8. The average Bonchev–Trinajstić information content (AvgIpc) is 2.83. The van der Waals surface area contributed by atoms with Crippen molar-refractivity contribution in [1.29, 1.82) is 0 Å². The number of hydrogen-bond acceptors (Lipinski definition) is 6. The van der Waals surface area contributed by atoms with E-state index in [0.29, 0.717) is 33.1 Å². The monoisotopic (exact) mass is 492 g/mol. The van der Waals surface area contributed by atoms with Crippen molar-refractivity contribution < 1.29 is 9.53 Å². The van der Waals surface area contributed by atoms with Crippen molar-refractivity contribution in [2.75, 3.05) is 30.6 Å². The molecule has 9 heteroatoms. The Hall–Kier alpha value is -2.61. The van der Waals surface area contributed by atoms with E-state index in [1.165, 1.54) is 6.20 Å². The van der Waals surface area contributed by atoms with Gasteiger partial charge in [-0.3, -0.25) is 9.78 Å². The molecule has 0 bridgehead atoms. The van der Waals surface area contributed by atoms with Gasteiger partial charge >= 0.3 is 0 Å². The maximum absolute atomic E-state index is 11.7. The fraction of sp³-hybridized carbons (Fsp3) is 0.217. The third-order valence-electron chi connectivity index (χ3n) is 4.07. The van der Waals surface area contributed by atoms with Gasteiger partial charge in [0, 0.05) is 43.0 Å². The number of carbonyl (C=O) groups is 1. The van der Waals surface area contributed by atoms with Gasteiger partial charge in [0.2, 0.25) is 0 Å². The van der Waals surface area contributed by atoms with E-state index in [-0.39, 0.29) is 5.91 Å². The third kappa shape index (κ3) is 7.22. The smallest absolute Gasteiger partial charge is 0.269 e. The second-order valence-corrected chi connectivity index (χ2v) is 7.89. The largest absolute Gasteiger partial charge is 0.457 e. The predicted molar refractivity (Wildman–Crippen MR) is 136 cm³/mol. The summed E-state index contributed by atoms with van der Waals surface area (Å²) in [6, 6.07) is 14.5. The number of aromatic nitrogens is 1. The molecule has 0 aliphatic rings. The Morgan fingerprint density at radius 1 is 1.00 bits per heavy atom. The summed E-state index contributed by atoms with van der Waals surface area (Å²) in [5, 5.41) is 10.1. The Bertz CT molecular complexity index is 1050. The maximum Gasteiger partial charge on any atom is 0.269 e. The van der Waals surface area contributed by atoms with Crippen molar-refractivity contribution in [3.8, 4) is 11.5 Å². The van der Waals surface area contributed by atoms with Gasteiger partial charge in [-0.2, -0.15) is 0 Å². The number of nitrogens with zero attached hydrogens (tertiary/aromatic N) is 1. The molecule has 0 fully saturated rings. The Balaban J connectivity index is 0.00000176. The lowest BCUT2D eigenvalue weighted by Gasteiger charge is -2.13. The van der Waals surface area contributed by atoms with E-state index < -0.39 is 0 Å². The first-order valence-electron chi connectivity index (χ1n) is 9.99. The first-order valence-corrected chi connectivity index (χ1v) is 11.7. The molecule has 0 saturated heterocycles. The van der Waals surface area contributed by atoms with Gasteiger partial charge in [0.25, 0.3) is 5.91 Å². The van der Waals surface area contributed by atoms with Gasteiger partial charge in [0.15, 0.2) is 0 Å². The lowest BCUT2D eigenvalue weighted by molar-refractivity contribution is 0.0958. The molecule has 0 saturated carbocycles. The fourth-order valence-electron chi connectivity index (χ4n) is 2.56. The first kappa shape index (κ1) is 25.6. The number of halogens is 2. The Morgan fingerprint density at radius 2 is 1.75 bits per heavy atom. The zero-order chi connectivity index (χ0) is 23.5. The van der Waals surface area contributed by atoms with Crippen LogP contribution >= 0.6 is 35.0 Å². The van der Waals surface area contributed by atoms with Crippen LogP contribution in [0, 0.1) is 0 Å².